The number of ketones is 3. The number of Topliss-reactive ketones (excluding diaryl/α,β-unsaturated/α-hetero) is 3. The quantitative estimate of drug-likeness (QED) is 0.131. The fourth-order valence-corrected chi connectivity index (χ4v) is 4.54. The summed E-state index contributed by atoms with van der Waals surface area (Å²) in [6, 6.07) is 34.0. The minimum absolute atomic E-state index is 0. The van der Waals surface area contributed by atoms with E-state index in [1.165, 1.54) is 0 Å². The largest absolute Gasteiger partial charge is 0.295 e. The van der Waals surface area contributed by atoms with Crippen molar-refractivity contribution in [1.29, 1.82) is 0 Å². The molecule has 0 unspecified atom stereocenters. The first-order valence-corrected chi connectivity index (χ1v) is 15.8. The fourth-order valence-electron chi connectivity index (χ4n) is 3.75. The first-order valence-electron chi connectivity index (χ1n) is 13.4. The second-order valence-electron chi connectivity index (χ2n) is 9.40. The van der Waals surface area contributed by atoms with E-state index in [9.17, 15) is 14.4 Å². The Kier molecular flexibility index (Phi) is 17.4. The number of nitrogens with zero attached hydrogens (tertiary/aromatic N) is 2. The van der Waals surface area contributed by atoms with Crippen molar-refractivity contribution in [3.05, 3.63) is 152 Å². The van der Waals surface area contributed by atoms with Crippen LogP contribution >= 0.6 is 47.8 Å². The van der Waals surface area contributed by atoms with Crippen LogP contribution in [-0.2, 0) is 0 Å². The number of halogens is 3. The van der Waals surface area contributed by atoms with Gasteiger partial charge < -0.3 is 0 Å². The first-order chi connectivity index (χ1) is 21.0. The number of carbonyl (C=O) groups is 3. The molecule has 2 aromatic heterocycles. The van der Waals surface area contributed by atoms with Gasteiger partial charge in [0.1, 0.15) is 0 Å². The summed E-state index contributed by atoms with van der Waals surface area (Å²) in [5.74, 6) is 0.313. The molecular formula is C36H29Br3EuN2O3. The summed E-state index contributed by atoms with van der Waals surface area (Å²) in [6.07, 6.45) is 3.62. The summed E-state index contributed by atoms with van der Waals surface area (Å²) >= 11 is 9.85. The van der Waals surface area contributed by atoms with Gasteiger partial charge in [-0.05, 0) is 81.4 Å². The maximum atomic E-state index is 10.7. The molecule has 0 N–H and O–H groups in total. The smallest absolute Gasteiger partial charge is 0.159 e. The summed E-state index contributed by atoms with van der Waals surface area (Å²) in [4.78, 5) is 40.9. The van der Waals surface area contributed by atoms with Crippen LogP contribution in [0.5, 0.6) is 0 Å². The van der Waals surface area contributed by atoms with E-state index in [1.807, 2.05) is 60.8 Å². The zero-order valence-corrected chi connectivity index (χ0v) is 31.9. The molecule has 0 bridgehead atoms. The van der Waals surface area contributed by atoms with E-state index in [0.29, 0.717) is 0 Å². The van der Waals surface area contributed by atoms with Crippen molar-refractivity contribution >= 4 is 86.9 Å². The van der Waals surface area contributed by atoms with Gasteiger partial charge in [0.05, 0.1) is 11.0 Å². The zero-order valence-electron chi connectivity index (χ0n) is 24.7. The van der Waals surface area contributed by atoms with Gasteiger partial charge in [0.25, 0.3) is 0 Å². The Labute approximate surface area is 329 Å². The Morgan fingerprint density at radius 3 is 1.27 bits per heavy atom. The second-order valence-corrected chi connectivity index (χ2v) is 12.1. The average Bonchev–Trinajstić information content (AvgIpc) is 3.02. The molecule has 0 aliphatic heterocycles. The van der Waals surface area contributed by atoms with E-state index in [-0.39, 0.29) is 66.7 Å². The van der Waals surface area contributed by atoms with Crippen molar-refractivity contribution in [2.75, 3.05) is 0 Å². The number of hydrogen-bond acceptors (Lipinski definition) is 5. The SMILES string of the molecule is CC(=O)c1ccc(Br)cc1.CC(=O)c1ccc(Br)cc1.CC(=O)c1ccc(Br)cc1.[Eu].c1cnc2c(c1)ccc1ncccc12. The average molecular weight is 929 g/mol. The molecule has 45 heavy (non-hydrogen) atoms. The number of fused-ring (bicyclic) bond motifs is 3. The Hall–Kier alpha value is -2.27. The maximum absolute atomic E-state index is 10.7. The van der Waals surface area contributed by atoms with Gasteiger partial charge >= 0.3 is 0 Å². The summed E-state index contributed by atoms with van der Waals surface area (Å²) in [6.45, 7) is 4.68. The normalized spacial score (nSPS) is 9.64. The molecule has 4 aromatic carbocycles. The molecule has 229 valence electrons. The van der Waals surface area contributed by atoms with Crippen molar-refractivity contribution in [1.82, 2.24) is 9.97 Å². The zero-order chi connectivity index (χ0) is 32.1. The van der Waals surface area contributed by atoms with E-state index in [4.69, 9.17) is 0 Å². The van der Waals surface area contributed by atoms with Crippen LogP contribution in [0.3, 0.4) is 0 Å². The van der Waals surface area contributed by atoms with Crippen LogP contribution in [-0.4, -0.2) is 27.3 Å². The van der Waals surface area contributed by atoms with E-state index in [2.05, 4.69) is 76.0 Å². The Bertz CT molecular complexity index is 1680. The van der Waals surface area contributed by atoms with Crippen LogP contribution in [0.15, 0.2) is 135 Å². The fraction of sp³-hybridized carbons (Fsp3) is 0.0833. The molecule has 5 nitrogen and oxygen atoms in total. The minimum Gasteiger partial charge on any atom is -0.295 e. The third-order valence-corrected chi connectivity index (χ3v) is 7.69. The molecule has 6 aromatic rings. The Balaban J connectivity index is 0.000000211. The van der Waals surface area contributed by atoms with E-state index in [1.54, 1.807) is 63.4 Å². The van der Waals surface area contributed by atoms with Crippen molar-refractivity contribution in [3.8, 4) is 0 Å². The predicted molar refractivity (Wildman–Crippen MR) is 189 cm³/mol. The van der Waals surface area contributed by atoms with E-state index >= 15 is 0 Å². The molecule has 0 spiro atoms. The molecule has 0 amide bonds. The second kappa shape index (κ2) is 20.1. The number of carbonyl (C=O) groups excluding carboxylic acids is 3. The van der Waals surface area contributed by atoms with Gasteiger partial charge in [0.15, 0.2) is 17.3 Å². The monoisotopic (exact) mass is 927 g/mol. The predicted octanol–water partition coefficient (Wildman–Crippen LogP) is 10.7. The molecule has 1 radical (unpaired) electrons. The third kappa shape index (κ3) is 13.2. The van der Waals surface area contributed by atoms with Gasteiger partial charge in [0, 0.05) is 103 Å². The van der Waals surface area contributed by atoms with Crippen molar-refractivity contribution in [2.45, 2.75) is 20.8 Å². The maximum Gasteiger partial charge on any atom is 0.159 e. The van der Waals surface area contributed by atoms with Gasteiger partial charge in [-0.25, -0.2) is 0 Å². The molecule has 2 heterocycles. The topological polar surface area (TPSA) is 77.0 Å². The molecule has 0 aliphatic carbocycles. The Morgan fingerprint density at radius 2 is 0.867 bits per heavy atom. The molecule has 6 rings (SSSR count). The molecular weight excluding hydrogens is 900 g/mol. The van der Waals surface area contributed by atoms with Crippen LogP contribution in [0.2, 0.25) is 0 Å². The molecule has 0 fully saturated rings. The van der Waals surface area contributed by atoms with Gasteiger partial charge in [0.2, 0.25) is 0 Å². The van der Waals surface area contributed by atoms with Crippen LogP contribution in [0.4, 0.5) is 0 Å². The van der Waals surface area contributed by atoms with E-state index in [0.717, 1.165) is 51.9 Å². The minimum atomic E-state index is 0. The first kappa shape index (κ1) is 38.9. The van der Waals surface area contributed by atoms with Crippen LogP contribution in [0, 0.1) is 49.4 Å². The van der Waals surface area contributed by atoms with Crippen LogP contribution in [0.1, 0.15) is 51.8 Å². The van der Waals surface area contributed by atoms with Gasteiger partial charge in [-0.2, -0.15) is 0 Å². The van der Waals surface area contributed by atoms with Gasteiger partial charge in [-0.15, -0.1) is 0 Å². The standard InChI is InChI=1S/C12H8N2.3C8H7BrO.Eu/c1-3-9-5-6-11-10(4-2-7-13-11)12(9)14-8-1;3*1-6(10)7-2-4-8(9)5-3-7;/h1-8H;3*2-5H,1H3;. The summed E-state index contributed by atoms with van der Waals surface area (Å²) in [5, 5.41) is 2.28. The van der Waals surface area contributed by atoms with Crippen molar-refractivity contribution in [3.63, 3.8) is 0 Å². The molecule has 0 aliphatic rings. The third-order valence-electron chi connectivity index (χ3n) is 6.11. The number of aromatic nitrogens is 2. The summed E-state index contributed by atoms with van der Waals surface area (Å²) < 4.78 is 2.99. The summed E-state index contributed by atoms with van der Waals surface area (Å²) in [7, 11) is 0. The van der Waals surface area contributed by atoms with E-state index < -0.39 is 0 Å². The number of benzene rings is 4. The molecule has 0 saturated carbocycles. The number of hydrogen-bond donors (Lipinski definition) is 0. The van der Waals surface area contributed by atoms with Crippen molar-refractivity contribution < 1.29 is 63.8 Å². The molecule has 0 atom stereocenters. The number of rotatable bonds is 3. The van der Waals surface area contributed by atoms with Crippen LogP contribution < -0.4 is 0 Å². The Morgan fingerprint density at radius 1 is 0.489 bits per heavy atom. The van der Waals surface area contributed by atoms with Crippen molar-refractivity contribution in [2.24, 2.45) is 0 Å². The molecule has 9 heteroatoms. The molecule has 0 saturated heterocycles. The van der Waals surface area contributed by atoms with Crippen LogP contribution in [0.25, 0.3) is 21.8 Å². The number of pyridine rings is 2. The van der Waals surface area contributed by atoms with Gasteiger partial charge in [-0.3, -0.25) is 24.4 Å². The van der Waals surface area contributed by atoms with Gasteiger partial charge in [-0.1, -0.05) is 96.3 Å². The summed E-state index contributed by atoms with van der Waals surface area (Å²) in [5.41, 5.74) is 4.28.